The van der Waals surface area contributed by atoms with Crippen LogP contribution >= 0.6 is 15.9 Å². The Labute approximate surface area is 131 Å². The lowest BCUT2D eigenvalue weighted by molar-refractivity contribution is 0.0696. The average molecular weight is 373 g/mol. The van der Waals surface area contributed by atoms with Crippen LogP contribution in [0.3, 0.4) is 0 Å². The van der Waals surface area contributed by atoms with Gasteiger partial charge < -0.3 is 5.11 Å². The predicted molar refractivity (Wildman–Crippen MR) is 78.2 cm³/mol. The monoisotopic (exact) mass is 372 g/mol. The minimum Gasteiger partial charge on any atom is -0.478 e. The van der Waals surface area contributed by atoms with E-state index in [-0.39, 0.29) is 20.8 Å². The standard InChI is InChI=1S/C13H13BrN2O4S/c14-10-6-8(13(17)18)4-5-12(10)21(19,20)16-11-3-1-2-9(11)7-15/h4-6,9,11,16H,1-3H2,(H,17,18). The molecule has 112 valence electrons. The smallest absolute Gasteiger partial charge is 0.335 e. The number of nitrogens with one attached hydrogen (secondary N) is 1. The predicted octanol–water partition coefficient (Wildman–Crippen LogP) is 2.12. The first-order valence-electron chi connectivity index (χ1n) is 6.30. The number of carboxylic acid groups (broad SMARTS) is 1. The molecule has 1 aromatic rings. The van der Waals surface area contributed by atoms with Gasteiger partial charge in [-0.05, 0) is 47.0 Å². The van der Waals surface area contributed by atoms with Crippen LogP contribution in [0.1, 0.15) is 29.6 Å². The molecule has 1 aromatic carbocycles. The van der Waals surface area contributed by atoms with Crippen molar-refractivity contribution >= 4 is 31.9 Å². The zero-order valence-corrected chi connectivity index (χ0v) is 13.3. The summed E-state index contributed by atoms with van der Waals surface area (Å²) in [6, 6.07) is 5.43. The maximum atomic E-state index is 12.4. The molecule has 0 spiro atoms. The van der Waals surface area contributed by atoms with Crippen molar-refractivity contribution in [3.63, 3.8) is 0 Å². The van der Waals surface area contributed by atoms with E-state index in [1.54, 1.807) is 0 Å². The Hall–Kier alpha value is -1.43. The topological polar surface area (TPSA) is 107 Å². The van der Waals surface area contributed by atoms with Gasteiger partial charge in [-0.25, -0.2) is 17.9 Å². The van der Waals surface area contributed by atoms with Gasteiger partial charge in [-0.1, -0.05) is 6.42 Å². The molecular weight excluding hydrogens is 360 g/mol. The van der Waals surface area contributed by atoms with Crippen LogP contribution in [-0.2, 0) is 10.0 Å². The fraction of sp³-hybridized carbons (Fsp3) is 0.385. The lowest BCUT2D eigenvalue weighted by atomic mass is 10.1. The summed E-state index contributed by atoms with van der Waals surface area (Å²) in [6.07, 6.45) is 2.12. The Morgan fingerprint density at radius 1 is 1.43 bits per heavy atom. The van der Waals surface area contributed by atoms with Gasteiger partial charge in [-0.3, -0.25) is 0 Å². The normalized spacial score (nSPS) is 21.9. The lowest BCUT2D eigenvalue weighted by Crippen LogP contribution is -2.37. The minimum atomic E-state index is -3.80. The van der Waals surface area contributed by atoms with Crippen LogP contribution in [0.4, 0.5) is 0 Å². The Morgan fingerprint density at radius 2 is 2.14 bits per heavy atom. The average Bonchev–Trinajstić information content (AvgIpc) is 2.84. The molecule has 8 heteroatoms. The van der Waals surface area contributed by atoms with Gasteiger partial charge in [0.2, 0.25) is 10.0 Å². The fourth-order valence-corrected chi connectivity index (χ4v) is 4.76. The minimum absolute atomic E-state index is 0.00315. The lowest BCUT2D eigenvalue weighted by Gasteiger charge is -2.16. The van der Waals surface area contributed by atoms with Gasteiger partial charge in [-0.15, -0.1) is 0 Å². The quantitative estimate of drug-likeness (QED) is 0.841. The molecule has 0 aromatic heterocycles. The second kappa shape index (κ2) is 6.13. The molecule has 0 bridgehead atoms. The molecule has 0 saturated heterocycles. The number of nitriles is 1. The van der Waals surface area contributed by atoms with E-state index in [4.69, 9.17) is 10.4 Å². The number of hydrogen-bond donors (Lipinski definition) is 2. The summed E-state index contributed by atoms with van der Waals surface area (Å²) >= 11 is 3.09. The van der Waals surface area contributed by atoms with Crippen LogP contribution in [-0.4, -0.2) is 25.5 Å². The zero-order valence-electron chi connectivity index (χ0n) is 10.9. The van der Waals surface area contributed by atoms with Crippen LogP contribution in [0.15, 0.2) is 27.6 Å². The van der Waals surface area contributed by atoms with Crippen molar-refractivity contribution in [1.29, 1.82) is 5.26 Å². The molecule has 1 aliphatic carbocycles. The van der Waals surface area contributed by atoms with Crippen molar-refractivity contribution in [1.82, 2.24) is 4.72 Å². The van der Waals surface area contributed by atoms with Crippen LogP contribution in [0.2, 0.25) is 0 Å². The Balaban J connectivity index is 2.28. The molecule has 1 fully saturated rings. The number of carbonyl (C=O) groups is 1. The largest absolute Gasteiger partial charge is 0.478 e. The molecule has 2 atom stereocenters. The molecule has 21 heavy (non-hydrogen) atoms. The molecule has 6 nitrogen and oxygen atoms in total. The highest BCUT2D eigenvalue weighted by molar-refractivity contribution is 9.10. The second-order valence-electron chi connectivity index (χ2n) is 4.84. The van der Waals surface area contributed by atoms with Crippen molar-refractivity contribution in [3.05, 3.63) is 28.2 Å². The van der Waals surface area contributed by atoms with Crippen molar-refractivity contribution in [2.75, 3.05) is 0 Å². The molecule has 2 N–H and O–H groups in total. The number of hydrogen-bond acceptors (Lipinski definition) is 4. The zero-order chi connectivity index (χ0) is 15.6. The van der Waals surface area contributed by atoms with E-state index >= 15 is 0 Å². The molecule has 0 radical (unpaired) electrons. The summed E-state index contributed by atoms with van der Waals surface area (Å²) in [5.74, 6) is -1.45. The summed E-state index contributed by atoms with van der Waals surface area (Å²) in [5.41, 5.74) is -0.00315. The van der Waals surface area contributed by atoms with E-state index in [9.17, 15) is 13.2 Å². The highest BCUT2D eigenvalue weighted by atomic mass is 79.9. The van der Waals surface area contributed by atoms with E-state index in [0.29, 0.717) is 12.8 Å². The van der Waals surface area contributed by atoms with Gasteiger partial charge in [-0.2, -0.15) is 5.26 Å². The highest BCUT2D eigenvalue weighted by Crippen LogP contribution is 2.28. The van der Waals surface area contributed by atoms with Gasteiger partial charge in [0.05, 0.1) is 22.4 Å². The summed E-state index contributed by atoms with van der Waals surface area (Å²) in [4.78, 5) is 10.8. The highest BCUT2D eigenvalue weighted by Gasteiger charge is 2.32. The van der Waals surface area contributed by atoms with Crippen molar-refractivity contribution < 1.29 is 18.3 Å². The molecule has 1 aliphatic rings. The van der Waals surface area contributed by atoms with Crippen LogP contribution in [0.5, 0.6) is 0 Å². The van der Waals surface area contributed by atoms with Crippen LogP contribution in [0, 0.1) is 17.2 Å². The first kappa shape index (κ1) is 15.9. The summed E-state index contributed by atoms with van der Waals surface area (Å²) in [7, 11) is -3.80. The van der Waals surface area contributed by atoms with E-state index < -0.39 is 22.0 Å². The molecule has 2 unspecified atom stereocenters. The van der Waals surface area contributed by atoms with Crippen LogP contribution < -0.4 is 4.72 Å². The molecular formula is C13H13BrN2O4S. The summed E-state index contributed by atoms with van der Waals surface area (Å²) in [6.45, 7) is 0. The fourth-order valence-electron chi connectivity index (χ4n) is 2.37. The molecule has 2 rings (SSSR count). The second-order valence-corrected chi connectivity index (χ2v) is 7.38. The van der Waals surface area contributed by atoms with E-state index in [1.165, 1.54) is 18.2 Å². The summed E-state index contributed by atoms with van der Waals surface area (Å²) in [5, 5.41) is 17.9. The van der Waals surface area contributed by atoms with Gasteiger partial charge in [0.25, 0.3) is 0 Å². The maximum absolute atomic E-state index is 12.4. The number of aromatic carboxylic acids is 1. The number of halogens is 1. The Bertz CT molecular complexity index is 711. The first-order valence-corrected chi connectivity index (χ1v) is 8.57. The Kier molecular flexibility index (Phi) is 4.66. The third-order valence-electron chi connectivity index (χ3n) is 3.46. The number of sulfonamides is 1. The number of rotatable bonds is 4. The number of carboxylic acids is 1. The van der Waals surface area contributed by atoms with Crippen molar-refractivity contribution in [3.8, 4) is 6.07 Å². The number of benzene rings is 1. The van der Waals surface area contributed by atoms with E-state index in [2.05, 4.69) is 26.7 Å². The molecule has 1 saturated carbocycles. The molecule has 0 heterocycles. The molecule has 0 aliphatic heterocycles. The third kappa shape index (κ3) is 3.43. The molecule has 0 amide bonds. The van der Waals surface area contributed by atoms with Crippen molar-refractivity contribution in [2.45, 2.75) is 30.2 Å². The van der Waals surface area contributed by atoms with E-state index in [0.717, 1.165) is 6.42 Å². The number of nitrogens with zero attached hydrogens (tertiary/aromatic N) is 1. The van der Waals surface area contributed by atoms with Gasteiger partial charge >= 0.3 is 5.97 Å². The first-order chi connectivity index (χ1) is 9.85. The summed E-state index contributed by atoms with van der Waals surface area (Å²) < 4.78 is 27.4. The van der Waals surface area contributed by atoms with Gasteiger partial charge in [0.1, 0.15) is 0 Å². The maximum Gasteiger partial charge on any atom is 0.335 e. The van der Waals surface area contributed by atoms with Gasteiger partial charge in [0, 0.05) is 10.5 Å². The van der Waals surface area contributed by atoms with E-state index in [1.807, 2.05) is 0 Å². The SMILES string of the molecule is N#CC1CCCC1NS(=O)(=O)c1ccc(C(=O)O)cc1Br. The van der Waals surface area contributed by atoms with Gasteiger partial charge in [0.15, 0.2) is 0 Å². The third-order valence-corrected chi connectivity index (χ3v) is 5.92. The Morgan fingerprint density at radius 3 is 2.71 bits per heavy atom. The van der Waals surface area contributed by atoms with Crippen molar-refractivity contribution in [2.24, 2.45) is 5.92 Å². The van der Waals surface area contributed by atoms with Crippen LogP contribution in [0.25, 0.3) is 0 Å².